The second kappa shape index (κ2) is 14.3. The van der Waals surface area contributed by atoms with Crippen molar-refractivity contribution in [3.05, 3.63) is 161 Å². The third kappa shape index (κ3) is 7.93. The summed E-state index contributed by atoms with van der Waals surface area (Å²) < 4.78 is 40.3. The second-order valence-corrected chi connectivity index (χ2v) is 11.3. The summed E-state index contributed by atoms with van der Waals surface area (Å²) in [6.45, 7) is 12.3. The van der Waals surface area contributed by atoms with Crippen LogP contribution in [-0.4, -0.2) is 7.05 Å². The summed E-state index contributed by atoms with van der Waals surface area (Å²) in [7, 11) is 1.90. The lowest BCUT2D eigenvalue weighted by atomic mass is 9.74. The summed E-state index contributed by atoms with van der Waals surface area (Å²) in [6, 6.07) is 24.4. The predicted molar refractivity (Wildman–Crippen MR) is 176 cm³/mol. The molecule has 5 rings (SSSR count). The van der Waals surface area contributed by atoms with Gasteiger partial charge in [-0.05, 0) is 59.2 Å². The van der Waals surface area contributed by atoms with Crippen molar-refractivity contribution in [2.24, 2.45) is 5.41 Å². The minimum absolute atomic E-state index is 0.0410. The molecule has 1 aliphatic heterocycles. The van der Waals surface area contributed by atoms with E-state index in [4.69, 9.17) is 0 Å². The average molecular weight is 598 g/mol. The molecule has 230 valence electrons. The van der Waals surface area contributed by atoms with Gasteiger partial charge in [-0.1, -0.05) is 118 Å². The van der Waals surface area contributed by atoms with Crippen LogP contribution in [0, 0.1) is 5.41 Å². The normalized spacial score (nSPS) is 19.3. The smallest absolute Gasteiger partial charge is 0.388 e. The second-order valence-electron chi connectivity index (χ2n) is 11.3. The minimum atomic E-state index is -4.40. The van der Waals surface area contributed by atoms with Crippen molar-refractivity contribution in [2.75, 3.05) is 7.05 Å². The molecular formula is C38H42F3N3. The van der Waals surface area contributed by atoms with E-state index in [-0.39, 0.29) is 23.6 Å². The van der Waals surface area contributed by atoms with Gasteiger partial charge in [-0.3, -0.25) is 0 Å². The van der Waals surface area contributed by atoms with Gasteiger partial charge < -0.3 is 16.0 Å². The average Bonchev–Trinajstić information content (AvgIpc) is 3.51. The highest BCUT2D eigenvalue weighted by atomic mass is 19.4. The molecule has 0 aromatic heterocycles. The number of allylic oxidation sites excluding steroid dienone is 3. The van der Waals surface area contributed by atoms with Gasteiger partial charge in [0.2, 0.25) is 0 Å². The molecule has 1 aliphatic carbocycles. The van der Waals surface area contributed by atoms with Crippen molar-refractivity contribution >= 4 is 6.08 Å². The fourth-order valence-corrected chi connectivity index (χ4v) is 5.56. The molecule has 3 N–H and O–H groups in total. The Bertz CT molecular complexity index is 1530. The Morgan fingerprint density at radius 3 is 2.30 bits per heavy atom. The van der Waals surface area contributed by atoms with Gasteiger partial charge in [0.25, 0.3) is 0 Å². The number of hydrogen-bond donors (Lipinski definition) is 3. The largest absolute Gasteiger partial charge is 0.416 e. The summed E-state index contributed by atoms with van der Waals surface area (Å²) in [5, 5.41) is 9.95. The van der Waals surface area contributed by atoms with Gasteiger partial charge in [0, 0.05) is 24.7 Å². The molecule has 44 heavy (non-hydrogen) atoms. The predicted octanol–water partition coefficient (Wildman–Crippen LogP) is 9.26. The van der Waals surface area contributed by atoms with Gasteiger partial charge in [0.05, 0.1) is 23.0 Å². The van der Waals surface area contributed by atoms with Gasteiger partial charge in [-0.2, -0.15) is 13.2 Å². The van der Waals surface area contributed by atoms with Gasteiger partial charge in [-0.15, -0.1) is 0 Å². The van der Waals surface area contributed by atoms with Crippen LogP contribution in [-0.2, 0) is 19.1 Å². The number of rotatable bonds is 9. The Morgan fingerprint density at radius 2 is 1.70 bits per heavy atom. The Morgan fingerprint density at radius 1 is 1.02 bits per heavy atom. The molecule has 2 unspecified atom stereocenters. The first-order chi connectivity index (χ1) is 21.1. The standard InChI is InChI=1S/C28H30F3N3.C10H12/c1-19(33-18-21-11-7-8-12-23(21)28(29,30)31)26-24(27(2)15-13-22(32-3)14-16-27)17-25(34-26)20-9-5-4-6-10-20;1-3-9-5-7-10(4-2)8-6-9/h4-15,25,32-34H,1,16-18H2,2-3H3;3,5-8H,1,4H2,2H3. The fourth-order valence-electron chi connectivity index (χ4n) is 5.56. The molecule has 0 saturated heterocycles. The quantitative estimate of drug-likeness (QED) is 0.230. The van der Waals surface area contributed by atoms with Crippen LogP contribution >= 0.6 is 0 Å². The monoisotopic (exact) mass is 597 g/mol. The summed E-state index contributed by atoms with van der Waals surface area (Å²) >= 11 is 0. The summed E-state index contributed by atoms with van der Waals surface area (Å²) in [6.07, 6.45) is 6.66. The summed E-state index contributed by atoms with van der Waals surface area (Å²) in [5.74, 6) is 0. The highest BCUT2D eigenvalue weighted by molar-refractivity contribution is 5.47. The van der Waals surface area contributed by atoms with Gasteiger partial charge in [-0.25, -0.2) is 0 Å². The van der Waals surface area contributed by atoms with Crippen LogP contribution in [0.2, 0.25) is 0 Å². The minimum Gasteiger partial charge on any atom is -0.388 e. The molecule has 3 aromatic rings. The Kier molecular flexibility index (Phi) is 10.6. The van der Waals surface area contributed by atoms with Crippen LogP contribution in [0.5, 0.6) is 0 Å². The molecule has 0 spiro atoms. The van der Waals surface area contributed by atoms with E-state index >= 15 is 0 Å². The van der Waals surface area contributed by atoms with E-state index in [9.17, 15) is 13.2 Å². The van der Waals surface area contributed by atoms with Crippen LogP contribution in [0.3, 0.4) is 0 Å². The Balaban J connectivity index is 0.000000375. The van der Waals surface area contributed by atoms with Crippen molar-refractivity contribution in [3.63, 3.8) is 0 Å². The Labute approximate surface area is 260 Å². The van der Waals surface area contributed by atoms with E-state index in [0.29, 0.717) is 5.70 Å². The molecule has 1 heterocycles. The zero-order valence-corrected chi connectivity index (χ0v) is 25.8. The van der Waals surface area contributed by atoms with Crippen LogP contribution < -0.4 is 16.0 Å². The molecule has 0 bridgehead atoms. The molecule has 2 atom stereocenters. The number of hydrogen-bond acceptors (Lipinski definition) is 3. The first-order valence-corrected chi connectivity index (χ1v) is 15.0. The number of nitrogens with one attached hydrogen (secondary N) is 3. The molecule has 3 aromatic carbocycles. The zero-order chi connectivity index (χ0) is 31.7. The number of halogens is 3. The van der Waals surface area contributed by atoms with Gasteiger partial charge in [0.1, 0.15) is 0 Å². The van der Waals surface area contributed by atoms with Crippen molar-refractivity contribution in [1.82, 2.24) is 16.0 Å². The lowest BCUT2D eigenvalue weighted by molar-refractivity contribution is -0.138. The molecule has 0 amide bonds. The van der Waals surface area contributed by atoms with Crippen molar-refractivity contribution in [3.8, 4) is 0 Å². The topological polar surface area (TPSA) is 36.1 Å². The third-order valence-corrected chi connectivity index (χ3v) is 8.33. The number of likely N-dealkylation sites (N-methyl/N-ethyl adjacent to an activating group) is 1. The van der Waals surface area contributed by atoms with E-state index in [2.05, 4.69) is 97.6 Å². The van der Waals surface area contributed by atoms with Crippen molar-refractivity contribution in [1.29, 1.82) is 0 Å². The molecule has 6 heteroatoms. The number of aryl methyl sites for hydroxylation is 1. The van der Waals surface area contributed by atoms with Crippen LogP contribution in [0.4, 0.5) is 13.2 Å². The highest BCUT2D eigenvalue weighted by Gasteiger charge is 2.37. The summed E-state index contributed by atoms with van der Waals surface area (Å²) in [5.41, 5.74) is 6.84. The molecule has 2 aliphatic rings. The lowest BCUT2D eigenvalue weighted by Gasteiger charge is -2.31. The maximum Gasteiger partial charge on any atom is 0.416 e. The van der Waals surface area contributed by atoms with E-state index in [1.807, 2.05) is 31.3 Å². The van der Waals surface area contributed by atoms with Crippen molar-refractivity contribution < 1.29 is 13.2 Å². The Hall–Kier alpha value is -4.45. The maximum atomic E-state index is 13.4. The van der Waals surface area contributed by atoms with Gasteiger partial charge >= 0.3 is 6.18 Å². The fraction of sp³-hybridized carbons (Fsp3) is 0.263. The van der Waals surface area contributed by atoms with Gasteiger partial charge in [0.15, 0.2) is 0 Å². The molecular weight excluding hydrogens is 555 g/mol. The first kappa shape index (κ1) is 32.5. The van der Waals surface area contributed by atoms with Crippen molar-refractivity contribution in [2.45, 2.75) is 51.9 Å². The van der Waals surface area contributed by atoms with E-state index in [1.54, 1.807) is 6.07 Å². The maximum absolute atomic E-state index is 13.4. The van der Waals surface area contributed by atoms with E-state index in [0.717, 1.165) is 36.7 Å². The summed E-state index contributed by atoms with van der Waals surface area (Å²) in [4.78, 5) is 0. The van der Waals surface area contributed by atoms with Crippen LogP contribution in [0.1, 0.15) is 60.5 Å². The molecule has 0 fully saturated rings. The lowest BCUT2D eigenvalue weighted by Crippen LogP contribution is -2.25. The third-order valence-electron chi connectivity index (χ3n) is 8.33. The molecule has 3 nitrogen and oxygen atoms in total. The number of benzene rings is 3. The van der Waals surface area contributed by atoms with Crippen LogP contribution in [0.15, 0.2) is 133 Å². The highest BCUT2D eigenvalue weighted by Crippen LogP contribution is 2.46. The van der Waals surface area contributed by atoms with E-state index in [1.165, 1.54) is 34.4 Å². The van der Waals surface area contributed by atoms with Crippen LogP contribution in [0.25, 0.3) is 6.08 Å². The molecule has 0 saturated carbocycles. The first-order valence-electron chi connectivity index (χ1n) is 15.0. The zero-order valence-electron chi connectivity index (χ0n) is 25.8. The number of alkyl halides is 3. The van der Waals surface area contributed by atoms with E-state index < -0.39 is 11.7 Å². The SMILES string of the molecule is C=C(NCc1ccccc1C(F)(F)F)C1=C(C2(C)C=CC(NC)=CC2)CC(c2ccccc2)N1.C=Cc1ccc(CC)cc1. The molecule has 0 radical (unpaired) electrons.